The van der Waals surface area contributed by atoms with Crippen LogP contribution in [0.4, 0.5) is 0 Å². The average Bonchev–Trinajstić information content (AvgIpc) is 2.75. The van der Waals surface area contributed by atoms with Crippen LogP contribution < -0.4 is 5.32 Å². The third-order valence-electron chi connectivity index (χ3n) is 2.84. The van der Waals surface area contributed by atoms with Crippen molar-refractivity contribution in [2.45, 2.75) is 33.9 Å². The second-order valence-corrected chi connectivity index (χ2v) is 4.90. The molecule has 0 saturated heterocycles. The van der Waals surface area contributed by atoms with Crippen LogP contribution in [0.3, 0.4) is 0 Å². The quantitative estimate of drug-likeness (QED) is 0.716. The first kappa shape index (κ1) is 14.8. The number of nitrogens with zero attached hydrogens (tertiary/aromatic N) is 1. The molecular weight excluding hydrogens is 224 g/mol. The summed E-state index contributed by atoms with van der Waals surface area (Å²) < 4.78 is 5.55. The molecule has 0 unspecified atom stereocenters. The van der Waals surface area contributed by atoms with Crippen molar-refractivity contribution in [3.63, 3.8) is 0 Å². The van der Waals surface area contributed by atoms with E-state index in [0.717, 1.165) is 31.9 Å². The topological polar surface area (TPSA) is 28.4 Å². The fourth-order valence-electron chi connectivity index (χ4n) is 1.77. The van der Waals surface area contributed by atoms with Crippen molar-refractivity contribution < 1.29 is 4.42 Å². The van der Waals surface area contributed by atoms with Crippen molar-refractivity contribution in [2.24, 2.45) is 5.92 Å². The lowest BCUT2D eigenvalue weighted by Crippen LogP contribution is -2.24. The average molecular weight is 248 g/mol. The molecule has 0 aliphatic carbocycles. The van der Waals surface area contributed by atoms with Crippen LogP contribution in [0, 0.1) is 18.3 Å². The number of hydrogen-bond donors (Lipinski definition) is 1. The first-order valence-corrected chi connectivity index (χ1v) is 6.59. The molecule has 0 aliphatic heterocycles. The van der Waals surface area contributed by atoms with Crippen LogP contribution >= 0.6 is 0 Å². The van der Waals surface area contributed by atoms with Crippen LogP contribution in [-0.2, 0) is 13.1 Å². The first-order chi connectivity index (χ1) is 8.67. The number of nitrogens with one attached hydrogen (secondary N) is 1. The largest absolute Gasteiger partial charge is 0.468 e. The maximum atomic E-state index is 5.55. The van der Waals surface area contributed by atoms with Gasteiger partial charge in [0.1, 0.15) is 5.76 Å². The minimum atomic E-state index is 0.661. The second kappa shape index (κ2) is 7.97. The first-order valence-electron chi connectivity index (χ1n) is 6.59. The van der Waals surface area contributed by atoms with Crippen LogP contribution in [0.5, 0.6) is 0 Å². The highest BCUT2D eigenvalue weighted by Gasteiger charge is 2.10. The van der Waals surface area contributed by atoms with Crippen LogP contribution in [-0.4, -0.2) is 24.5 Å². The molecule has 0 aliphatic rings. The van der Waals surface area contributed by atoms with Gasteiger partial charge < -0.3 is 9.73 Å². The molecule has 3 heteroatoms. The zero-order valence-electron chi connectivity index (χ0n) is 11.7. The summed E-state index contributed by atoms with van der Waals surface area (Å²) in [6.45, 7) is 10.8. The highest BCUT2D eigenvalue weighted by Crippen LogP contribution is 2.13. The standard InChI is InChI=1S/C15H24N2O/c1-5-8-17(6-2)12-15-14(7-9-18-15)11-16-10-13(3)4/h1,7,9,13,16H,6,8,10-12H2,2-4H3. The molecule has 1 aromatic heterocycles. The van der Waals surface area contributed by atoms with E-state index in [-0.39, 0.29) is 0 Å². The Morgan fingerprint density at radius 3 is 2.89 bits per heavy atom. The van der Waals surface area contributed by atoms with E-state index in [2.05, 4.69) is 36.9 Å². The van der Waals surface area contributed by atoms with Gasteiger partial charge >= 0.3 is 0 Å². The van der Waals surface area contributed by atoms with Crippen molar-refractivity contribution in [3.05, 3.63) is 23.7 Å². The molecule has 0 atom stereocenters. The Hall–Kier alpha value is -1.24. The predicted octanol–water partition coefficient (Wildman–Crippen LogP) is 2.48. The monoisotopic (exact) mass is 248 g/mol. The zero-order valence-corrected chi connectivity index (χ0v) is 11.7. The Morgan fingerprint density at radius 2 is 2.28 bits per heavy atom. The van der Waals surface area contributed by atoms with Crippen molar-refractivity contribution in [1.29, 1.82) is 0 Å². The molecular formula is C15H24N2O. The summed E-state index contributed by atoms with van der Waals surface area (Å²) in [7, 11) is 0. The summed E-state index contributed by atoms with van der Waals surface area (Å²) in [5.74, 6) is 4.36. The van der Waals surface area contributed by atoms with Gasteiger partial charge in [-0.15, -0.1) is 6.42 Å². The zero-order chi connectivity index (χ0) is 13.4. The van der Waals surface area contributed by atoms with E-state index in [1.165, 1.54) is 5.56 Å². The second-order valence-electron chi connectivity index (χ2n) is 4.90. The van der Waals surface area contributed by atoms with Gasteiger partial charge in [0.05, 0.1) is 19.4 Å². The highest BCUT2D eigenvalue weighted by atomic mass is 16.3. The molecule has 0 spiro atoms. The van der Waals surface area contributed by atoms with Crippen molar-refractivity contribution >= 4 is 0 Å². The number of hydrogen-bond acceptors (Lipinski definition) is 3. The third kappa shape index (κ3) is 4.95. The van der Waals surface area contributed by atoms with Crippen LogP contribution in [0.2, 0.25) is 0 Å². The van der Waals surface area contributed by atoms with E-state index < -0.39 is 0 Å². The summed E-state index contributed by atoms with van der Waals surface area (Å²) in [6.07, 6.45) is 7.11. The molecule has 0 bridgehead atoms. The molecule has 3 nitrogen and oxygen atoms in total. The van der Waals surface area contributed by atoms with Gasteiger partial charge in [-0.05, 0) is 25.1 Å². The molecule has 100 valence electrons. The Morgan fingerprint density at radius 1 is 1.50 bits per heavy atom. The Bertz CT molecular complexity index is 376. The van der Waals surface area contributed by atoms with Gasteiger partial charge in [-0.25, -0.2) is 0 Å². The smallest absolute Gasteiger partial charge is 0.122 e. The van der Waals surface area contributed by atoms with Crippen molar-refractivity contribution in [3.8, 4) is 12.3 Å². The van der Waals surface area contributed by atoms with E-state index in [9.17, 15) is 0 Å². The van der Waals surface area contributed by atoms with Crippen LogP contribution in [0.15, 0.2) is 16.7 Å². The summed E-state index contributed by atoms with van der Waals surface area (Å²) >= 11 is 0. The lowest BCUT2D eigenvalue weighted by Gasteiger charge is -2.16. The van der Waals surface area contributed by atoms with Crippen LogP contribution in [0.25, 0.3) is 0 Å². The van der Waals surface area contributed by atoms with E-state index in [0.29, 0.717) is 12.5 Å². The Kier molecular flexibility index (Phi) is 6.56. The van der Waals surface area contributed by atoms with Crippen LogP contribution in [0.1, 0.15) is 32.1 Å². The Balaban J connectivity index is 2.51. The lowest BCUT2D eigenvalue weighted by atomic mass is 10.2. The maximum absolute atomic E-state index is 5.55. The lowest BCUT2D eigenvalue weighted by molar-refractivity contribution is 0.283. The molecule has 1 aromatic rings. The number of terminal acetylenes is 1. The summed E-state index contributed by atoms with van der Waals surface area (Å²) in [5.41, 5.74) is 1.23. The summed E-state index contributed by atoms with van der Waals surface area (Å²) in [4.78, 5) is 2.19. The van der Waals surface area contributed by atoms with Crippen molar-refractivity contribution in [1.82, 2.24) is 10.2 Å². The third-order valence-corrected chi connectivity index (χ3v) is 2.84. The molecule has 18 heavy (non-hydrogen) atoms. The van der Waals surface area contributed by atoms with Gasteiger partial charge in [0.25, 0.3) is 0 Å². The van der Waals surface area contributed by atoms with E-state index >= 15 is 0 Å². The minimum Gasteiger partial charge on any atom is -0.468 e. The van der Waals surface area contributed by atoms with Gasteiger partial charge in [-0.3, -0.25) is 4.90 Å². The maximum Gasteiger partial charge on any atom is 0.122 e. The minimum absolute atomic E-state index is 0.661. The van der Waals surface area contributed by atoms with Gasteiger partial charge in [0, 0.05) is 12.1 Å². The SMILES string of the molecule is C#CCN(CC)Cc1occc1CNCC(C)C. The fraction of sp³-hybridized carbons (Fsp3) is 0.600. The molecule has 0 saturated carbocycles. The molecule has 0 aromatic carbocycles. The molecule has 1 heterocycles. The highest BCUT2D eigenvalue weighted by molar-refractivity contribution is 5.17. The van der Waals surface area contributed by atoms with E-state index in [1.54, 1.807) is 6.26 Å². The molecule has 0 fully saturated rings. The molecule has 0 radical (unpaired) electrons. The summed E-state index contributed by atoms with van der Waals surface area (Å²) in [5, 5.41) is 3.43. The van der Waals surface area contributed by atoms with E-state index in [1.807, 2.05) is 6.07 Å². The number of rotatable bonds is 8. The summed E-state index contributed by atoms with van der Waals surface area (Å²) in [6, 6.07) is 2.03. The normalized spacial score (nSPS) is 11.1. The predicted molar refractivity (Wildman–Crippen MR) is 75.0 cm³/mol. The van der Waals surface area contributed by atoms with Gasteiger partial charge in [-0.2, -0.15) is 0 Å². The fourth-order valence-corrected chi connectivity index (χ4v) is 1.77. The molecule has 0 amide bonds. The molecule has 1 N–H and O–H groups in total. The van der Waals surface area contributed by atoms with Crippen molar-refractivity contribution in [2.75, 3.05) is 19.6 Å². The van der Waals surface area contributed by atoms with Gasteiger partial charge in [0.2, 0.25) is 0 Å². The number of furan rings is 1. The molecule has 1 rings (SSSR count). The van der Waals surface area contributed by atoms with E-state index in [4.69, 9.17) is 10.8 Å². The Labute approximate surface area is 111 Å². The van der Waals surface area contributed by atoms with Gasteiger partial charge in [0.15, 0.2) is 0 Å². The van der Waals surface area contributed by atoms with Gasteiger partial charge in [-0.1, -0.05) is 26.7 Å².